The molecule has 2 aromatic carbocycles. The molecule has 262 valence electrons. The Bertz CT molecular complexity index is 2010. The number of fused-ring (bicyclic) bond motifs is 1. The zero-order valence-electron chi connectivity index (χ0n) is 28.6. The van der Waals surface area contributed by atoms with E-state index in [0.717, 1.165) is 48.7 Å². The van der Waals surface area contributed by atoms with Crippen molar-refractivity contribution in [2.24, 2.45) is 7.05 Å². The van der Waals surface area contributed by atoms with Crippen molar-refractivity contribution in [1.29, 1.82) is 0 Å². The van der Waals surface area contributed by atoms with Gasteiger partial charge in [0.05, 0.1) is 40.4 Å². The van der Waals surface area contributed by atoms with Crippen LogP contribution in [0, 0.1) is 0 Å². The lowest BCUT2D eigenvalue weighted by Gasteiger charge is -2.43. The minimum absolute atomic E-state index is 0.361. The summed E-state index contributed by atoms with van der Waals surface area (Å²) in [5.41, 5.74) is 6.34. The number of hydrogen-bond acceptors (Lipinski definition) is 12. The number of halogens is 1. The normalized spacial score (nSPS) is 16.8. The maximum atomic E-state index is 12.2. The van der Waals surface area contributed by atoms with E-state index < -0.39 is 11.0 Å². The number of benzene rings is 2. The molecule has 2 saturated heterocycles. The highest BCUT2D eigenvalue weighted by Gasteiger charge is 2.28. The van der Waals surface area contributed by atoms with Crippen LogP contribution in [0.15, 0.2) is 59.7 Å². The fourth-order valence-corrected chi connectivity index (χ4v) is 7.51. The molecule has 0 saturated carbocycles. The van der Waals surface area contributed by atoms with E-state index in [1.807, 2.05) is 36.3 Å². The van der Waals surface area contributed by atoms with Gasteiger partial charge in [0, 0.05) is 93.2 Å². The second kappa shape index (κ2) is 14.8. The number of aryl methyl sites for hydroxylation is 1. The van der Waals surface area contributed by atoms with Crippen molar-refractivity contribution in [3.05, 3.63) is 59.7 Å². The summed E-state index contributed by atoms with van der Waals surface area (Å²) in [7, 11) is 4.47. The molecule has 3 N–H and O–H groups in total. The van der Waals surface area contributed by atoms with E-state index in [1.165, 1.54) is 25.9 Å². The van der Waals surface area contributed by atoms with Crippen LogP contribution in [0.3, 0.4) is 0 Å². The quantitative estimate of drug-likeness (QED) is 0.177. The molecule has 16 heteroatoms. The molecule has 0 aliphatic carbocycles. The molecule has 0 spiro atoms. The van der Waals surface area contributed by atoms with Crippen LogP contribution in [0.2, 0.25) is 0 Å². The van der Waals surface area contributed by atoms with Gasteiger partial charge in [-0.3, -0.25) is 19.5 Å². The third-order valence-electron chi connectivity index (χ3n) is 9.32. The van der Waals surface area contributed by atoms with E-state index in [-0.39, 0.29) is 0 Å². The first kappa shape index (κ1) is 34.1. The number of methoxy groups -OCH3 is 1. The van der Waals surface area contributed by atoms with Crippen LogP contribution in [-0.2, 0) is 18.0 Å². The first-order chi connectivity index (χ1) is 24.2. The summed E-state index contributed by atoms with van der Waals surface area (Å²) in [6, 6.07) is 8.55. The standard InChI is InChI=1S/C34H41BrN12O2S/c1-44-11-7-23(8-12-44)46-13-15-47(16-14-46)29-18-30(49-3)28(17-24(29)22-19-39-45(2)21-22)41-34-38-20-25(35)33(42-34)40-27-6-5-26-31(37-10-9-36-26)32(27)43-50(4)48/h5-6,9-10,17-21,23,43H,7-8,11-16H2,1-4H3,(H2,38,40,41,42). The van der Waals surface area contributed by atoms with Gasteiger partial charge >= 0.3 is 0 Å². The van der Waals surface area contributed by atoms with Crippen molar-refractivity contribution in [1.82, 2.24) is 39.5 Å². The average Bonchev–Trinajstić information content (AvgIpc) is 3.56. The third kappa shape index (κ3) is 7.38. The van der Waals surface area contributed by atoms with Gasteiger partial charge in [-0.05, 0) is 67.1 Å². The number of hydrogen-bond donors (Lipinski definition) is 3. The van der Waals surface area contributed by atoms with Crippen molar-refractivity contribution >= 4 is 72.5 Å². The van der Waals surface area contributed by atoms with E-state index in [9.17, 15) is 4.21 Å². The fraction of sp³-hybridized carbons (Fsp3) is 0.382. The van der Waals surface area contributed by atoms with E-state index in [4.69, 9.17) is 9.72 Å². The Morgan fingerprint density at radius 2 is 1.72 bits per heavy atom. The number of ether oxygens (including phenoxy) is 1. The highest BCUT2D eigenvalue weighted by atomic mass is 79.9. The van der Waals surface area contributed by atoms with Gasteiger partial charge in [-0.15, -0.1) is 0 Å². The summed E-state index contributed by atoms with van der Waals surface area (Å²) < 4.78 is 23.7. The lowest BCUT2D eigenvalue weighted by molar-refractivity contribution is 0.115. The van der Waals surface area contributed by atoms with Crippen molar-refractivity contribution in [2.75, 3.05) is 79.9 Å². The minimum Gasteiger partial charge on any atom is -0.494 e. The molecule has 50 heavy (non-hydrogen) atoms. The molecule has 5 aromatic rings. The molecule has 1 atom stereocenters. The summed E-state index contributed by atoms with van der Waals surface area (Å²) in [5.74, 6) is 1.54. The lowest BCUT2D eigenvalue weighted by atomic mass is 10.0. The number of nitrogens with zero attached hydrogens (tertiary/aromatic N) is 9. The van der Waals surface area contributed by atoms with E-state index >= 15 is 0 Å². The average molecular weight is 762 g/mol. The molecule has 2 fully saturated rings. The molecule has 5 heterocycles. The molecule has 14 nitrogen and oxygen atoms in total. The molecule has 3 aromatic heterocycles. The van der Waals surface area contributed by atoms with E-state index in [1.54, 1.807) is 32.0 Å². The number of nitrogens with one attached hydrogen (secondary N) is 3. The highest BCUT2D eigenvalue weighted by molar-refractivity contribution is 9.10. The van der Waals surface area contributed by atoms with Gasteiger partial charge in [0.2, 0.25) is 5.95 Å². The second-order valence-electron chi connectivity index (χ2n) is 12.6. The monoisotopic (exact) mass is 760 g/mol. The molecule has 1 unspecified atom stereocenters. The number of aromatic nitrogens is 6. The van der Waals surface area contributed by atoms with Crippen LogP contribution in [0.1, 0.15) is 12.8 Å². The van der Waals surface area contributed by atoms with Crippen molar-refractivity contribution in [2.45, 2.75) is 18.9 Å². The maximum absolute atomic E-state index is 12.2. The summed E-state index contributed by atoms with van der Waals surface area (Å²) in [6.45, 7) is 6.26. The summed E-state index contributed by atoms with van der Waals surface area (Å²) in [5, 5.41) is 11.2. The Morgan fingerprint density at radius 1 is 0.940 bits per heavy atom. The largest absolute Gasteiger partial charge is 0.494 e. The van der Waals surface area contributed by atoms with Gasteiger partial charge in [0.1, 0.15) is 28.1 Å². The second-order valence-corrected chi connectivity index (χ2v) is 14.6. The van der Waals surface area contributed by atoms with Crippen LogP contribution < -0.4 is 25.0 Å². The number of anilines is 6. The first-order valence-corrected chi connectivity index (χ1v) is 18.9. The first-order valence-electron chi connectivity index (χ1n) is 16.5. The van der Waals surface area contributed by atoms with Crippen LogP contribution in [0.5, 0.6) is 5.75 Å². The van der Waals surface area contributed by atoms with Gasteiger partial charge in [-0.1, -0.05) is 0 Å². The van der Waals surface area contributed by atoms with Crippen molar-refractivity contribution in [3.63, 3.8) is 0 Å². The Morgan fingerprint density at radius 3 is 2.44 bits per heavy atom. The zero-order valence-corrected chi connectivity index (χ0v) is 31.0. The van der Waals surface area contributed by atoms with Gasteiger partial charge in [-0.25, -0.2) is 9.19 Å². The summed E-state index contributed by atoms with van der Waals surface area (Å²) in [6.07, 6.45) is 12.9. The number of piperidine rings is 1. The predicted octanol–water partition coefficient (Wildman–Crippen LogP) is 5.00. The topological polar surface area (TPSA) is 141 Å². The Balaban J connectivity index is 1.17. The molecular weight excluding hydrogens is 720 g/mol. The molecule has 0 amide bonds. The Hall–Kier alpha value is -4.38. The third-order valence-corrected chi connectivity index (χ3v) is 10.4. The van der Waals surface area contributed by atoms with Crippen LogP contribution in [-0.4, -0.2) is 109 Å². The molecule has 0 radical (unpaired) electrons. The summed E-state index contributed by atoms with van der Waals surface area (Å²) >= 11 is 3.59. The molecule has 7 rings (SSSR count). The fourth-order valence-electron chi connectivity index (χ4n) is 6.73. The summed E-state index contributed by atoms with van der Waals surface area (Å²) in [4.78, 5) is 25.8. The number of rotatable bonds is 10. The smallest absolute Gasteiger partial charge is 0.229 e. The van der Waals surface area contributed by atoms with Crippen LogP contribution >= 0.6 is 15.9 Å². The lowest BCUT2D eigenvalue weighted by Crippen LogP contribution is -2.53. The molecule has 2 aliphatic rings. The number of piperazine rings is 1. The Kier molecular flexibility index (Phi) is 10.1. The van der Waals surface area contributed by atoms with Gasteiger partial charge in [0.15, 0.2) is 0 Å². The van der Waals surface area contributed by atoms with Crippen molar-refractivity contribution in [3.8, 4) is 16.9 Å². The van der Waals surface area contributed by atoms with E-state index in [2.05, 4.69) is 85.2 Å². The van der Waals surface area contributed by atoms with Crippen LogP contribution in [0.25, 0.3) is 22.2 Å². The maximum Gasteiger partial charge on any atom is 0.229 e. The molecule has 0 bridgehead atoms. The molecular formula is C34H41BrN12O2S. The Labute approximate surface area is 302 Å². The van der Waals surface area contributed by atoms with Crippen LogP contribution in [0.4, 0.5) is 34.5 Å². The van der Waals surface area contributed by atoms with Gasteiger partial charge < -0.3 is 29.9 Å². The van der Waals surface area contributed by atoms with Gasteiger partial charge in [-0.2, -0.15) is 10.1 Å². The highest BCUT2D eigenvalue weighted by Crippen LogP contribution is 2.41. The zero-order chi connectivity index (χ0) is 34.8. The van der Waals surface area contributed by atoms with E-state index in [0.29, 0.717) is 50.4 Å². The predicted molar refractivity (Wildman–Crippen MR) is 203 cm³/mol. The SMILES string of the molecule is COc1cc(N2CCN(C3CCN(C)CC3)CC2)c(-c2cnn(C)c2)cc1Nc1ncc(Br)c(Nc2ccc3nccnc3c2NS(C)=O)n1. The minimum atomic E-state index is -1.35. The van der Waals surface area contributed by atoms with Gasteiger partial charge in [0.25, 0.3) is 0 Å². The number of likely N-dealkylation sites (tertiary alicyclic amines) is 1. The van der Waals surface area contributed by atoms with Crippen molar-refractivity contribution < 1.29 is 8.95 Å². The molecule has 2 aliphatic heterocycles.